The van der Waals surface area contributed by atoms with Gasteiger partial charge in [0.05, 0.1) is 12.5 Å². The van der Waals surface area contributed by atoms with Crippen molar-refractivity contribution in [3.8, 4) is 11.1 Å². The molecule has 0 aliphatic carbocycles. The van der Waals surface area contributed by atoms with Crippen LogP contribution >= 0.6 is 0 Å². The van der Waals surface area contributed by atoms with E-state index in [9.17, 15) is 24.3 Å². The number of benzene rings is 2. The number of aryl methyl sites for hydroxylation is 1. The van der Waals surface area contributed by atoms with E-state index in [1.807, 2.05) is 43.3 Å². The van der Waals surface area contributed by atoms with E-state index in [0.717, 1.165) is 16.7 Å². The summed E-state index contributed by atoms with van der Waals surface area (Å²) >= 11 is 0. The number of carbonyl (C=O) groups excluding carboxylic acids is 3. The molecule has 3 N–H and O–H groups in total. The quantitative estimate of drug-likeness (QED) is 0.463. The molecule has 0 bridgehead atoms. The minimum atomic E-state index is -1.34. The number of rotatable bonds is 6. The summed E-state index contributed by atoms with van der Waals surface area (Å²) in [5, 5.41) is 14.2. The molecule has 2 aromatic rings. The number of carboxylic acid groups (broad SMARTS) is 1. The van der Waals surface area contributed by atoms with Gasteiger partial charge in [-0.1, -0.05) is 48.5 Å². The summed E-state index contributed by atoms with van der Waals surface area (Å²) in [6.07, 6.45) is 2.17. The van der Waals surface area contributed by atoms with Gasteiger partial charge < -0.3 is 20.6 Å². The number of aliphatic carboxylic acids is 1. The fourth-order valence-electron chi connectivity index (χ4n) is 3.36. The predicted octanol–water partition coefficient (Wildman–Crippen LogP) is 1.75. The molecule has 1 aliphatic heterocycles. The first-order valence-electron chi connectivity index (χ1n) is 9.70. The maximum absolute atomic E-state index is 12.4. The molecular formula is C23H24N3NaO5. The molecule has 0 aromatic heterocycles. The Morgan fingerprint density at radius 1 is 1.09 bits per heavy atom. The van der Waals surface area contributed by atoms with Crippen LogP contribution in [0.5, 0.6) is 0 Å². The molecule has 3 amide bonds. The number of nitrogens with one attached hydrogen (secondary N) is 2. The Hall–Kier alpha value is -2.94. The molecule has 32 heavy (non-hydrogen) atoms. The first-order valence-corrected chi connectivity index (χ1v) is 9.70. The van der Waals surface area contributed by atoms with E-state index >= 15 is 0 Å². The summed E-state index contributed by atoms with van der Waals surface area (Å²) in [4.78, 5) is 49.1. The normalized spacial score (nSPS) is 16.2. The van der Waals surface area contributed by atoms with Crippen molar-refractivity contribution >= 4 is 53.2 Å². The second-order valence-electron chi connectivity index (χ2n) is 7.31. The molecule has 1 heterocycles. The van der Waals surface area contributed by atoms with Crippen LogP contribution in [0.15, 0.2) is 60.8 Å². The van der Waals surface area contributed by atoms with Gasteiger partial charge >= 0.3 is 41.6 Å². The SMILES string of the molecule is Cc1ccccc1-c1ccc([C@H](CC(=O)O)NC(=O)NC2C(=O)C=CN(C)C2=O)cc1.[NaH]. The van der Waals surface area contributed by atoms with Crippen molar-refractivity contribution in [2.75, 3.05) is 7.05 Å². The summed E-state index contributed by atoms with van der Waals surface area (Å²) < 4.78 is 0. The van der Waals surface area contributed by atoms with Crippen molar-refractivity contribution in [1.82, 2.24) is 15.5 Å². The van der Waals surface area contributed by atoms with E-state index in [1.165, 1.54) is 24.2 Å². The van der Waals surface area contributed by atoms with Gasteiger partial charge in [-0.15, -0.1) is 0 Å². The number of carboxylic acids is 1. The molecule has 162 valence electrons. The first kappa shape index (κ1) is 25.3. The second-order valence-corrected chi connectivity index (χ2v) is 7.31. The topological polar surface area (TPSA) is 116 Å². The number of urea groups is 1. The molecule has 0 spiro atoms. The van der Waals surface area contributed by atoms with E-state index in [-0.39, 0.29) is 36.0 Å². The first-order chi connectivity index (χ1) is 14.8. The Balaban J connectivity index is 0.00000363. The summed E-state index contributed by atoms with van der Waals surface area (Å²) in [6.45, 7) is 2.00. The molecule has 2 atom stereocenters. The number of hydrogen-bond acceptors (Lipinski definition) is 4. The van der Waals surface area contributed by atoms with Crippen LogP contribution in [0.1, 0.15) is 23.6 Å². The Morgan fingerprint density at radius 3 is 2.38 bits per heavy atom. The third-order valence-electron chi connectivity index (χ3n) is 5.07. The number of nitrogens with zero attached hydrogens (tertiary/aromatic N) is 1. The Labute approximate surface area is 208 Å². The number of ketones is 1. The van der Waals surface area contributed by atoms with Crippen LogP contribution in [-0.4, -0.2) is 76.3 Å². The Kier molecular flexibility index (Phi) is 8.77. The molecule has 0 saturated carbocycles. The molecule has 3 rings (SSSR count). The molecule has 2 aromatic carbocycles. The monoisotopic (exact) mass is 445 g/mol. The number of amides is 3. The molecule has 9 heteroatoms. The number of carbonyl (C=O) groups is 4. The van der Waals surface area contributed by atoms with Gasteiger partial charge in [0.15, 0.2) is 11.8 Å². The molecular weight excluding hydrogens is 421 g/mol. The number of hydrogen-bond donors (Lipinski definition) is 3. The van der Waals surface area contributed by atoms with Crippen LogP contribution in [0, 0.1) is 6.92 Å². The Bertz CT molecular complexity index is 1050. The van der Waals surface area contributed by atoms with E-state index in [1.54, 1.807) is 12.1 Å². The van der Waals surface area contributed by atoms with Crippen molar-refractivity contribution in [2.24, 2.45) is 0 Å². The van der Waals surface area contributed by atoms with Crippen LogP contribution in [0.25, 0.3) is 11.1 Å². The third-order valence-corrected chi connectivity index (χ3v) is 5.07. The van der Waals surface area contributed by atoms with Crippen LogP contribution < -0.4 is 10.6 Å². The van der Waals surface area contributed by atoms with Crippen molar-refractivity contribution in [2.45, 2.75) is 25.4 Å². The van der Waals surface area contributed by atoms with Crippen LogP contribution in [0.2, 0.25) is 0 Å². The zero-order chi connectivity index (χ0) is 22.5. The average molecular weight is 445 g/mol. The summed E-state index contributed by atoms with van der Waals surface area (Å²) in [5.41, 5.74) is 3.72. The van der Waals surface area contributed by atoms with Gasteiger partial charge in [0, 0.05) is 19.3 Å². The van der Waals surface area contributed by atoms with Crippen LogP contribution in [0.3, 0.4) is 0 Å². The standard InChI is InChI=1S/C23H23N3O5.Na.H/c1-14-5-3-4-6-17(14)15-7-9-16(10-8-15)18(13-20(28)29)24-23(31)25-21-19(27)11-12-26(2)22(21)30;;/h3-12,18,21H,13H2,1-2H3,(H,28,29)(H2,24,25,31);;/t18-,21?;;/m0../s1. The fraction of sp³-hybridized carbons (Fsp3) is 0.217. The average Bonchev–Trinajstić information content (AvgIpc) is 2.74. The predicted molar refractivity (Wildman–Crippen MR) is 121 cm³/mol. The van der Waals surface area contributed by atoms with Crippen molar-refractivity contribution < 1.29 is 24.3 Å². The van der Waals surface area contributed by atoms with Crippen molar-refractivity contribution in [1.29, 1.82) is 0 Å². The second kappa shape index (κ2) is 11.1. The zero-order valence-electron chi connectivity index (χ0n) is 17.2. The van der Waals surface area contributed by atoms with Crippen LogP contribution in [-0.2, 0) is 14.4 Å². The van der Waals surface area contributed by atoms with E-state index in [4.69, 9.17) is 0 Å². The minimum absolute atomic E-state index is 0. The van der Waals surface area contributed by atoms with Gasteiger partial charge in [-0.05, 0) is 29.2 Å². The van der Waals surface area contributed by atoms with E-state index < -0.39 is 35.8 Å². The van der Waals surface area contributed by atoms with Gasteiger partial charge in [0.25, 0.3) is 5.91 Å². The van der Waals surface area contributed by atoms with Gasteiger partial charge in [0.2, 0.25) is 0 Å². The summed E-state index contributed by atoms with van der Waals surface area (Å²) in [7, 11) is 1.47. The van der Waals surface area contributed by atoms with Gasteiger partial charge in [-0.2, -0.15) is 0 Å². The molecule has 0 fully saturated rings. The number of likely N-dealkylation sites (N-methyl/N-ethyl adjacent to an activating group) is 1. The molecule has 1 aliphatic rings. The Morgan fingerprint density at radius 2 is 1.75 bits per heavy atom. The van der Waals surface area contributed by atoms with Gasteiger partial charge in [-0.25, -0.2) is 4.79 Å². The van der Waals surface area contributed by atoms with E-state index in [2.05, 4.69) is 10.6 Å². The fourth-order valence-corrected chi connectivity index (χ4v) is 3.36. The summed E-state index contributed by atoms with van der Waals surface area (Å²) in [6, 6.07) is 12.1. The molecule has 8 nitrogen and oxygen atoms in total. The molecule has 1 unspecified atom stereocenters. The van der Waals surface area contributed by atoms with E-state index in [0.29, 0.717) is 5.56 Å². The molecule has 0 radical (unpaired) electrons. The van der Waals surface area contributed by atoms with Gasteiger partial charge in [-0.3, -0.25) is 14.4 Å². The van der Waals surface area contributed by atoms with Gasteiger partial charge in [0.1, 0.15) is 0 Å². The van der Waals surface area contributed by atoms with Crippen LogP contribution in [0.4, 0.5) is 4.79 Å². The zero-order valence-corrected chi connectivity index (χ0v) is 17.2. The molecule has 0 saturated heterocycles. The third kappa shape index (κ3) is 6.06. The maximum atomic E-state index is 12.4. The van der Waals surface area contributed by atoms with Crippen molar-refractivity contribution in [3.05, 3.63) is 71.9 Å². The van der Waals surface area contributed by atoms with Crippen molar-refractivity contribution in [3.63, 3.8) is 0 Å². The summed E-state index contributed by atoms with van der Waals surface area (Å²) in [5.74, 6) is -2.21.